The van der Waals surface area contributed by atoms with Gasteiger partial charge < -0.3 is 10.6 Å². The van der Waals surface area contributed by atoms with Gasteiger partial charge in [-0.2, -0.15) is 4.98 Å². The normalized spacial score (nSPS) is 18.5. The van der Waals surface area contributed by atoms with Crippen molar-refractivity contribution in [1.29, 1.82) is 0 Å². The molecule has 0 amide bonds. The lowest BCUT2D eigenvalue weighted by Crippen LogP contribution is -2.26. The van der Waals surface area contributed by atoms with Gasteiger partial charge in [-0.25, -0.2) is 0 Å². The minimum absolute atomic E-state index is 0.216. The molecule has 0 saturated carbocycles. The van der Waals surface area contributed by atoms with Crippen molar-refractivity contribution >= 4 is 16.9 Å². The van der Waals surface area contributed by atoms with E-state index in [1.165, 1.54) is 0 Å². The Balaban J connectivity index is 1.74. The molecule has 1 unspecified atom stereocenters. The number of pyridine rings is 1. The molecule has 2 aromatic heterocycles. The smallest absolute Gasteiger partial charge is 0.245 e. The SMILES string of the molecule is NC1CCN(c2n[nH]c(-c3cccc4ncccc34)n2)C1. The van der Waals surface area contributed by atoms with E-state index in [9.17, 15) is 0 Å². The molecule has 6 nitrogen and oxygen atoms in total. The summed E-state index contributed by atoms with van der Waals surface area (Å²) < 4.78 is 0. The Morgan fingerprint density at radius 1 is 1.24 bits per heavy atom. The standard InChI is InChI=1S/C15H16N6/c16-10-6-8-21(9-10)15-18-14(19-20-15)12-3-1-5-13-11(12)4-2-7-17-13/h1-5,7,10H,6,8-9,16H2,(H,18,19,20). The van der Waals surface area contributed by atoms with Gasteiger partial charge in [-0.1, -0.05) is 18.2 Å². The van der Waals surface area contributed by atoms with Crippen LogP contribution in [0, 0.1) is 0 Å². The summed E-state index contributed by atoms with van der Waals surface area (Å²) in [4.78, 5) is 11.1. The van der Waals surface area contributed by atoms with E-state index in [0.717, 1.165) is 47.7 Å². The highest BCUT2D eigenvalue weighted by atomic mass is 15.4. The van der Waals surface area contributed by atoms with Gasteiger partial charge in [0.2, 0.25) is 5.95 Å². The summed E-state index contributed by atoms with van der Waals surface area (Å²) in [7, 11) is 0. The third-order valence-electron chi connectivity index (χ3n) is 3.88. The summed E-state index contributed by atoms with van der Waals surface area (Å²) in [6.07, 6.45) is 2.78. The van der Waals surface area contributed by atoms with Crippen molar-refractivity contribution < 1.29 is 0 Å². The van der Waals surface area contributed by atoms with Gasteiger partial charge in [0.1, 0.15) is 0 Å². The molecule has 1 saturated heterocycles. The van der Waals surface area contributed by atoms with Crippen molar-refractivity contribution in [2.24, 2.45) is 5.73 Å². The summed E-state index contributed by atoms with van der Waals surface area (Å²) >= 11 is 0. The van der Waals surface area contributed by atoms with Crippen molar-refractivity contribution in [1.82, 2.24) is 20.2 Å². The Morgan fingerprint density at radius 3 is 3.05 bits per heavy atom. The van der Waals surface area contributed by atoms with Gasteiger partial charge in [-0.15, -0.1) is 5.10 Å². The largest absolute Gasteiger partial charge is 0.338 e. The van der Waals surface area contributed by atoms with E-state index in [4.69, 9.17) is 5.73 Å². The van der Waals surface area contributed by atoms with E-state index in [0.29, 0.717) is 0 Å². The summed E-state index contributed by atoms with van der Waals surface area (Å²) in [5, 5.41) is 8.43. The Kier molecular flexibility index (Phi) is 2.82. The molecule has 1 aliphatic heterocycles. The Bertz CT molecular complexity index is 775. The minimum Gasteiger partial charge on any atom is -0.338 e. The molecule has 0 radical (unpaired) electrons. The summed E-state index contributed by atoms with van der Waals surface area (Å²) in [5.41, 5.74) is 7.91. The zero-order chi connectivity index (χ0) is 14.2. The molecule has 6 heteroatoms. The fourth-order valence-electron chi connectivity index (χ4n) is 2.79. The zero-order valence-electron chi connectivity index (χ0n) is 11.5. The van der Waals surface area contributed by atoms with E-state index < -0.39 is 0 Å². The highest BCUT2D eigenvalue weighted by Gasteiger charge is 2.22. The van der Waals surface area contributed by atoms with Crippen LogP contribution < -0.4 is 10.6 Å². The van der Waals surface area contributed by atoms with Gasteiger partial charge >= 0.3 is 0 Å². The molecular weight excluding hydrogens is 264 g/mol. The topological polar surface area (TPSA) is 83.7 Å². The van der Waals surface area contributed by atoms with Crippen LogP contribution in [0.25, 0.3) is 22.3 Å². The molecule has 1 aliphatic rings. The van der Waals surface area contributed by atoms with E-state index in [-0.39, 0.29) is 6.04 Å². The molecule has 1 atom stereocenters. The fourth-order valence-corrected chi connectivity index (χ4v) is 2.79. The van der Waals surface area contributed by atoms with Gasteiger partial charge in [-0.05, 0) is 18.6 Å². The van der Waals surface area contributed by atoms with Gasteiger partial charge in [0.15, 0.2) is 5.82 Å². The van der Waals surface area contributed by atoms with Crippen LogP contribution in [0.5, 0.6) is 0 Å². The molecule has 3 heterocycles. The number of fused-ring (bicyclic) bond motifs is 1. The average molecular weight is 280 g/mol. The number of anilines is 1. The number of nitrogens with zero attached hydrogens (tertiary/aromatic N) is 4. The van der Waals surface area contributed by atoms with E-state index in [2.05, 4.69) is 25.1 Å². The maximum atomic E-state index is 5.94. The van der Waals surface area contributed by atoms with Crippen LogP contribution in [-0.2, 0) is 0 Å². The molecule has 106 valence electrons. The number of hydrogen-bond donors (Lipinski definition) is 2. The predicted octanol–water partition coefficient (Wildman–Crippen LogP) is 1.56. The maximum Gasteiger partial charge on any atom is 0.245 e. The molecule has 4 rings (SSSR count). The third-order valence-corrected chi connectivity index (χ3v) is 3.88. The quantitative estimate of drug-likeness (QED) is 0.744. The Hall–Kier alpha value is -2.47. The number of benzene rings is 1. The van der Waals surface area contributed by atoms with E-state index in [1.54, 1.807) is 6.20 Å². The lowest BCUT2D eigenvalue weighted by molar-refractivity contribution is 0.750. The van der Waals surface area contributed by atoms with Crippen LogP contribution in [0.4, 0.5) is 5.95 Å². The van der Waals surface area contributed by atoms with Crippen LogP contribution in [0.1, 0.15) is 6.42 Å². The molecule has 21 heavy (non-hydrogen) atoms. The van der Waals surface area contributed by atoms with E-state index in [1.807, 2.05) is 30.3 Å². The van der Waals surface area contributed by atoms with Crippen molar-refractivity contribution in [3.05, 3.63) is 36.5 Å². The number of aromatic nitrogens is 4. The van der Waals surface area contributed by atoms with E-state index >= 15 is 0 Å². The van der Waals surface area contributed by atoms with Crippen LogP contribution in [0.2, 0.25) is 0 Å². The number of nitrogens with one attached hydrogen (secondary N) is 1. The van der Waals surface area contributed by atoms with Gasteiger partial charge in [-0.3, -0.25) is 10.1 Å². The molecule has 3 aromatic rings. The second kappa shape index (κ2) is 4.82. The second-order valence-electron chi connectivity index (χ2n) is 5.35. The highest BCUT2D eigenvalue weighted by molar-refractivity contribution is 5.92. The first kappa shape index (κ1) is 12.3. The Labute approximate surface area is 122 Å². The molecule has 0 bridgehead atoms. The number of H-pyrrole nitrogens is 1. The zero-order valence-corrected chi connectivity index (χ0v) is 11.5. The maximum absolute atomic E-state index is 5.94. The molecular formula is C15H16N6. The summed E-state index contributed by atoms with van der Waals surface area (Å²) in [5.74, 6) is 1.49. The van der Waals surface area contributed by atoms with Crippen LogP contribution in [-0.4, -0.2) is 39.3 Å². The first-order valence-corrected chi connectivity index (χ1v) is 7.08. The van der Waals surface area contributed by atoms with Crippen molar-refractivity contribution in [3.8, 4) is 11.4 Å². The Morgan fingerprint density at radius 2 is 2.19 bits per heavy atom. The molecule has 1 aromatic carbocycles. The molecule has 0 spiro atoms. The fraction of sp³-hybridized carbons (Fsp3) is 0.267. The van der Waals surface area contributed by atoms with Crippen molar-refractivity contribution in [3.63, 3.8) is 0 Å². The lowest BCUT2D eigenvalue weighted by atomic mass is 10.1. The number of hydrogen-bond acceptors (Lipinski definition) is 5. The van der Waals surface area contributed by atoms with Crippen molar-refractivity contribution in [2.75, 3.05) is 18.0 Å². The average Bonchev–Trinajstić information content (AvgIpc) is 3.15. The van der Waals surface area contributed by atoms with Gasteiger partial charge in [0, 0.05) is 36.3 Å². The summed E-state index contributed by atoms with van der Waals surface area (Å²) in [6, 6.07) is 10.2. The monoisotopic (exact) mass is 280 g/mol. The second-order valence-corrected chi connectivity index (χ2v) is 5.35. The van der Waals surface area contributed by atoms with Crippen molar-refractivity contribution in [2.45, 2.75) is 12.5 Å². The first-order chi connectivity index (χ1) is 10.3. The van der Waals surface area contributed by atoms with Gasteiger partial charge in [0.25, 0.3) is 0 Å². The number of nitrogens with two attached hydrogens (primary N) is 1. The third kappa shape index (κ3) is 2.13. The number of rotatable bonds is 2. The molecule has 0 aliphatic carbocycles. The molecule has 1 fully saturated rings. The minimum atomic E-state index is 0.216. The van der Waals surface area contributed by atoms with Crippen LogP contribution >= 0.6 is 0 Å². The molecule has 3 N–H and O–H groups in total. The number of aromatic amines is 1. The first-order valence-electron chi connectivity index (χ1n) is 7.08. The van der Waals surface area contributed by atoms with Gasteiger partial charge in [0.05, 0.1) is 5.52 Å². The predicted molar refractivity (Wildman–Crippen MR) is 81.9 cm³/mol. The van der Waals surface area contributed by atoms with Crippen LogP contribution in [0.3, 0.4) is 0 Å². The lowest BCUT2D eigenvalue weighted by Gasteiger charge is -2.11. The van der Waals surface area contributed by atoms with Crippen LogP contribution in [0.15, 0.2) is 36.5 Å². The highest BCUT2D eigenvalue weighted by Crippen LogP contribution is 2.26. The summed E-state index contributed by atoms with van der Waals surface area (Å²) in [6.45, 7) is 1.73.